The average molecular weight is 214 g/mol. The number of amides is 1. The monoisotopic (exact) mass is 214 g/mol. The highest BCUT2D eigenvalue weighted by Gasteiger charge is 2.19. The maximum atomic E-state index is 10.7. The zero-order valence-corrected chi connectivity index (χ0v) is 8.37. The van der Waals surface area contributed by atoms with E-state index in [1.165, 1.54) is 18.3 Å². The zero-order chi connectivity index (χ0) is 10.6. The second-order valence-electron chi connectivity index (χ2n) is 2.72. The smallest absolute Gasteiger partial charge is 0.326 e. The maximum absolute atomic E-state index is 10.7. The van der Waals surface area contributed by atoms with Crippen molar-refractivity contribution in [3.63, 3.8) is 0 Å². The minimum absolute atomic E-state index is 0.229. The molecule has 0 radical (unpaired) electrons. The fourth-order valence-corrected chi connectivity index (χ4v) is 1.64. The van der Waals surface area contributed by atoms with Gasteiger partial charge in [0.05, 0.1) is 5.01 Å². The molecule has 0 fully saturated rings. The zero-order valence-electron chi connectivity index (χ0n) is 7.56. The molecule has 1 amide bonds. The Morgan fingerprint density at radius 3 is 2.86 bits per heavy atom. The van der Waals surface area contributed by atoms with E-state index in [4.69, 9.17) is 5.11 Å². The van der Waals surface area contributed by atoms with Gasteiger partial charge < -0.3 is 10.4 Å². The quantitative estimate of drug-likeness (QED) is 0.754. The van der Waals surface area contributed by atoms with Gasteiger partial charge in [-0.05, 0) is 0 Å². The Labute approximate surface area is 84.8 Å². The van der Waals surface area contributed by atoms with Gasteiger partial charge in [-0.25, -0.2) is 9.78 Å². The summed E-state index contributed by atoms with van der Waals surface area (Å²) < 4.78 is 0. The molecule has 0 saturated heterocycles. The Morgan fingerprint density at radius 1 is 1.71 bits per heavy atom. The summed E-state index contributed by atoms with van der Waals surface area (Å²) in [5, 5.41) is 13.6. The van der Waals surface area contributed by atoms with Gasteiger partial charge in [-0.1, -0.05) is 0 Å². The predicted octanol–water partition coefficient (Wildman–Crippen LogP) is 0.275. The molecule has 5 nitrogen and oxygen atoms in total. The first-order valence-electron chi connectivity index (χ1n) is 3.98. The highest BCUT2D eigenvalue weighted by Crippen LogP contribution is 2.07. The van der Waals surface area contributed by atoms with Gasteiger partial charge in [0, 0.05) is 24.9 Å². The van der Waals surface area contributed by atoms with Crippen LogP contribution >= 0.6 is 11.3 Å². The second-order valence-corrected chi connectivity index (χ2v) is 3.70. The van der Waals surface area contributed by atoms with Crippen molar-refractivity contribution in [3.05, 3.63) is 16.6 Å². The highest BCUT2D eigenvalue weighted by molar-refractivity contribution is 7.09. The lowest BCUT2D eigenvalue weighted by atomic mass is 10.2. The lowest BCUT2D eigenvalue weighted by Gasteiger charge is -2.10. The number of carbonyl (C=O) groups is 2. The summed E-state index contributed by atoms with van der Waals surface area (Å²) in [5.74, 6) is -1.40. The first kappa shape index (κ1) is 10.6. The van der Waals surface area contributed by atoms with Gasteiger partial charge in [-0.2, -0.15) is 0 Å². The van der Waals surface area contributed by atoms with Gasteiger partial charge in [0.2, 0.25) is 5.91 Å². The predicted molar refractivity (Wildman–Crippen MR) is 51.1 cm³/mol. The van der Waals surface area contributed by atoms with Crippen molar-refractivity contribution in [2.24, 2.45) is 0 Å². The molecule has 0 saturated carbocycles. The first-order chi connectivity index (χ1) is 6.59. The molecule has 0 spiro atoms. The first-order valence-corrected chi connectivity index (χ1v) is 4.86. The molecule has 0 bridgehead atoms. The van der Waals surface area contributed by atoms with E-state index < -0.39 is 12.0 Å². The summed E-state index contributed by atoms with van der Waals surface area (Å²) in [6.07, 6.45) is 1.83. The largest absolute Gasteiger partial charge is 0.480 e. The Morgan fingerprint density at radius 2 is 2.43 bits per heavy atom. The van der Waals surface area contributed by atoms with Gasteiger partial charge in [0.25, 0.3) is 0 Å². The van der Waals surface area contributed by atoms with Crippen molar-refractivity contribution in [3.8, 4) is 0 Å². The lowest BCUT2D eigenvalue weighted by molar-refractivity contribution is -0.141. The lowest BCUT2D eigenvalue weighted by Crippen LogP contribution is -2.41. The minimum atomic E-state index is -1.05. The van der Waals surface area contributed by atoms with E-state index in [1.807, 2.05) is 0 Å². The highest BCUT2D eigenvalue weighted by atomic mass is 32.1. The van der Waals surface area contributed by atoms with Gasteiger partial charge in [0.1, 0.15) is 6.04 Å². The standard InChI is InChI=1S/C8H10N2O3S/c1-5(11)10-6(8(12)13)4-7-9-2-3-14-7/h2-3,6H,4H2,1H3,(H,10,11)(H,12,13)/t6-/m0/s1. The van der Waals surface area contributed by atoms with Crippen molar-refractivity contribution < 1.29 is 14.7 Å². The summed E-state index contributed by atoms with van der Waals surface area (Å²) in [7, 11) is 0. The molecule has 0 aliphatic rings. The van der Waals surface area contributed by atoms with Gasteiger partial charge in [0.15, 0.2) is 0 Å². The van der Waals surface area contributed by atoms with E-state index in [9.17, 15) is 9.59 Å². The fraction of sp³-hybridized carbons (Fsp3) is 0.375. The summed E-state index contributed by atoms with van der Waals surface area (Å²) >= 11 is 1.37. The van der Waals surface area contributed by atoms with Gasteiger partial charge in [-0.15, -0.1) is 11.3 Å². The number of nitrogens with zero attached hydrogens (tertiary/aromatic N) is 1. The van der Waals surface area contributed by atoms with Crippen LogP contribution in [-0.2, 0) is 16.0 Å². The van der Waals surface area contributed by atoms with Crippen molar-refractivity contribution in [2.75, 3.05) is 0 Å². The van der Waals surface area contributed by atoms with E-state index in [2.05, 4.69) is 10.3 Å². The third-order valence-corrected chi connectivity index (χ3v) is 2.34. The van der Waals surface area contributed by atoms with E-state index >= 15 is 0 Å². The molecule has 14 heavy (non-hydrogen) atoms. The molecule has 0 aromatic carbocycles. The van der Waals surface area contributed by atoms with Crippen LogP contribution in [0, 0.1) is 0 Å². The number of carboxylic acids is 1. The number of nitrogens with one attached hydrogen (secondary N) is 1. The maximum Gasteiger partial charge on any atom is 0.326 e. The van der Waals surface area contributed by atoms with Crippen LogP contribution in [0.15, 0.2) is 11.6 Å². The van der Waals surface area contributed by atoms with Crippen molar-refractivity contribution in [2.45, 2.75) is 19.4 Å². The van der Waals surface area contributed by atoms with Crippen molar-refractivity contribution in [1.82, 2.24) is 10.3 Å². The number of carbonyl (C=O) groups excluding carboxylic acids is 1. The number of thiazole rings is 1. The van der Waals surface area contributed by atoms with Crippen molar-refractivity contribution in [1.29, 1.82) is 0 Å². The number of hydrogen-bond donors (Lipinski definition) is 2. The van der Waals surface area contributed by atoms with Crippen molar-refractivity contribution >= 4 is 23.2 Å². The van der Waals surface area contributed by atoms with Crippen LogP contribution in [-0.4, -0.2) is 28.0 Å². The molecule has 1 atom stereocenters. The minimum Gasteiger partial charge on any atom is -0.480 e. The van der Waals surface area contributed by atoms with Crippen LogP contribution in [0.3, 0.4) is 0 Å². The third-order valence-electron chi connectivity index (χ3n) is 1.54. The normalized spacial score (nSPS) is 12.1. The number of hydrogen-bond acceptors (Lipinski definition) is 4. The van der Waals surface area contributed by atoms with Crippen LogP contribution in [0.5, 0.6) is 0 Å². The topological polar surface area (TPSA) is 79.3 Å². The Hall–Kier alpha value is -1.43. The molecule has 2 N–H and O–H groups in total. The summed E-state index contributed by atoms with van der Waals surface area (Å²) in [4.78, 5) is 25.4. The number of aromatic nitrogens is 1. The fourth-order valence-electron chi connectivity index (χ4n) is 0.974. The molecule has 1 aromatic rings. The molecule has 76 valence electrons. The molecule has 0 unspecified atom stereocenters. The van der Waals surface area contributed by atoms with Gasteiger partial charge in [-0.3, -0.25) is 4.79 Å². The number of aliphatic carboxylic acids is 1. The molecule has 0 aliphatic heterocycles. The summed E-state index contributed by atoms with van der Waals surface area (Å²) in [5.41, 5.74) is 0. The molecule has 1 aromatic heterocycles. The molecule has 1 heterocycles. The van der Waals surface area contributed by atoms with Crippen LogP contribution in [0.4, 0.5) is 0 Å². The van der Waals surface area contributed by atoms with Crippen LogP contribution in [0.1, 0.15) is 11.9 Å². The van der Waals surface area contributed by atoms with E-state index in [0.717, 1.165) is 0 Å². The van der Waals surface area contributed by atoms with E-state index in [-0.39, 0.29) is 12.3 Å². The van der Waals surface area contributed by atoms with E-state index in [0.29, 0.717) is 5.01 Å². The molecule has 6 heteroatoms. The second kappa shape index (κ2) is 4.71. The molecular weight excluding hydrogens is 204 g/mol. The van der Waals surface area contributed by atoms with Crippen LogP contribution in [0.2, 0.25) is 0 Å². The number of carboxylic acid groups (broad SMARTS) is 1. The van der Waals surface area contributed by atoms with Gasteiger partial charge >= 0.3 is 5.97 Å². The number of rotatable bonds is 4. The Kier molecular flexibility index (Phi) is 3.58. The average Bonchev–Trinajstić information content (AvgIpc) is 2.54. The molecular formula is C8H10N2O3S. The molecule has 0 aliphatic carbocycles. The Balaban J connectivity index is 2.60. The van der Waals surface area contributed by atoms with Crippen LogP contribution < -0.4 is 5.32 Å². The Bertz CT molecular complexity index is 323. The third kappa shape index (κ3) is 3.14. The molecule has 1 rings (SSSR count). The summed E-state index contributed by atoms with van der Waals surface area (Å²) in [6.45, 7) is 1.29. The van der Waals surface area contributed by atoms with Crippen LogP contribution in [0.25, 0.3) is 0 Å². The summed E-state index contributed by atoms with van der Waals surface area (Å²) in [6, 6.07) is -0.890. The van der Waals surface area contributed by atoms with E-state index in [1.54, 1.807) is 11.6 Å². The SMILES string of the molecule is CC(=O)N[C@@H](Cc1nccs1)C(=O)O.